The van der Waals surface area contributed by atoms with Crippen LogP contribution in [0.1, 0.15) is 44.9 Å². The molecule has 1 fully saturated rings. The first-order valence-electron chi connectivity index (χ1n) is 6.67. The summed E-state index contributed by atoms with van der Waals surface area (Å²) in [6.07, 6.45) is 7.64. The molecule has 1 unspecified atom stereocenters. The van der Waals surface area contributed by atoms with Crippen molar-refractivity contribution in [3.05, 3.63) is 0 Å². The fraction of sp³-hybridized carbons (Fsp3) is 0.923. The molecule has 0 aliphatic heterocycles. The third-order valence-corrected chi connectivity index (χ3v) is 3.76. The molecule has 1 atom stereocenters. The van der Waals surface area contributed by atoms with Gasteiger partial charge in [-0.3, -0.25) is 4.79 Å². The van der Waals surface area contributed by atoms with E-state index < -0.39 is 0 Å². The normalized spacial score (nSPS) is 18.6. The van der Waals surface area contributed by atoms with Gasteiger partial charge in [0.1, 0.15) is 0 Å². The zero-order chi connectivity index (χ0) is 12.7. The maximum Gasteiger partial charge on any atom is 0.225 e. The zero-order valence-corrected chi connectivity index (χ0v) is 12.4. The molecular weight excluding hydrogens is 252 g/mol. The number of amides is 1. The maximum atomic E-state index is 12.1. The molecule has 5 heteroatoms. The summed E-state index contributed by atoms with van der Waals surface area (Å²) in [6, 6.07) is 0.417. The van der Waals surface area contributed by atoms with Crippen LogP contribution in [0.2, 0.25) is 0 Å². The van der Waals surface area contributed by atoms with Crippen LogP contribution in [0.5, 0.6) is 0 Å². The van der Waals surface area contributed by atoms with Crippen LogP contribution in [-0.2, 0) is 9.53 Å². The number of rotatable bonds is 5. The van der Waals surface area contributed by atoms with Crippen molar-refractivity contribution in [2.45, 2.75) is 57.1 Å². The van der Waals surface area contributed by atoms with Gasteiger partial charge >= 0.3 is 0 Å². The van der Waals surface area contributed by atoms with Gasteiger partial charge in [-0.2, -0.15) is 0 Å². The first kappa shape index (κ1) is 17.7. The standard InChI is InChI=1S/C13H26N2O2.ClH/c1-15(11-7-5-3-4-6-8-11)13(16)9-12(10-14)17-2;/h11-12H,3-10,14H2,1-2H3;1H. The first-order valence-corrected chi connectivity index (χ1v) is 6.67. The lowest BCUT2D eigenvalue weighted by molar-refractivity contribution is -0.134. The molecule has 1 saturated carbocycles. The fourth-order valence-electron chi connectivity index (χ4n) is 2.45. The molecule has 0 spiro atoms. The lowest BCUT2D eigenvalue weighted by Crippen LogP contribution is -2.39. The lowest BCUT2D eigenvalue weighted by atomic mass is 10.1. The van der Waals surface area contributed by atoms with Gasteiger partial charge in [0, 0.05) is 26.7 Å². The van der Waals surface area contributed by atoms with Gasteiger partial charge in [0.15, 0.2) is 0 Å². The van der Waals surface area contributed by atoms with Gasteiger partial charge in [-0.15, -0.1) is 12.4 Å². The molecule has 1 aliphatic carbocycles. The summed E-state index contributed by atoms with van der Waals surface area (Å²) in [6.45, 7) is 0.404. The van der Waals surface area contributed by atoms with Crippen molar-refractivity contribution in [1.82, 2.24) is 4.90 Å². The molecule has 18 heavy (non-hydrogen) atoms. The van der Waals surface area contributed by atoms with E-state index in [-0.39, 0.29) is 24.4 Å². The highest BCUT2D eigenvalue weighted by Crippen LogP contribution is 2.21. The van der Waals surface area contributed by atoms with Crippen molar-refractivity contribution in [3.63, 3.8) is 0 Å². The second kappa shape index (κ2) is 9.59. The number of ether oxygens (including phenoxy) is 1. The van der Waals surface area contributed by atoms with Gasteiger partial charge in [0.2, 0.25) is 5.91 Å². The quantitative estimate of drug-likeness (QED) is 0.782. The Morgan fingerprint density at radius 3 is 2.33 bits per heavy atom. The third kappa shape index (κ3) is 5.55. The van der Waals surface area contributed by atoms with E-state index in [1.54, 1.807) is 7.11 Å². The van der Waals surface area contributed by atoms with Crippen LogP contribution in [0.3, 0.4) is 0 Å². The highest BCUT2D eigenvalue weighted by molar-refractivity contribution is 5.85. The van der Waals surface area contributed by atoms with Crippen molar-refractivity contribution < 1.29 is 9.53 Å². The molecule has 0 aromatic heterocycles. The third-order valence-electron chi connectivity index (χ3n) is 3.76. The topological polar surface area (TPSA) is 55.6 Å². The Morgan fingerprint density at radius 1 is 1.33 bits per heavy atom. The Labute approximate surface area is 117 Å². The summed E-state index contributed by atoms with van der Waals surface area (Å²) in [7, 11) is 3.53. The lowest BCUT2D eigenvalue weighted by Gasteiger charge is -2.28. The number of methoxy groups -OCH3 is 1. The van der Waals surface area contributed by atoms with Crippen molar-refractivity contribution in [2.75, 3.05) is 20.7 Å². The number of carbonyl (C=O) groups is 1. The summed E-state index contributed by atoms with van der Waals surface area (Å²) in [4.78, 5) is 14.0. The molecule has 1 rings (SSSR count). The number of hydrogen-bond acceptors (Lipinski definition) is 3. The monoisotopic (exact) mass is 278 g/mol. The van der Waals surface area contributed by atoms with Gasteiger partial charge in [0.25, 0.3) is 0 Å². The summed E-state index contributed by atoms with van der Waals surface area (Å²) in [5.74, 6) is 0.161. The summed E-state index contributed by atoms with van der Waals surface area (Å²) in [5.41, 5.74) is 5.54. The van der Waals surface area contributed by atoms with Crippen LogP contribution in [0.25, 0.3) is 0 Å². The molecule has 0 radical (unpaired) electrons. The predicted octanol–water partition coefficient (Wildman–Crippen LogP) is 1.95. The predicted molar refractivity (Wildman–Crippen MR) is 76.0 cm³/mol. The van der Waals surface area contributed by atoms with E-state index in [1.165, 1.54) is 25.7 Å². The number of nitrogens with two attached hydrogens (primary N) is 1. The Morgan fingerprint density at radius 2 is 1.89 bits per heavy atom. The number of carbonyl (C=O) groups excluding carboxylic acids is 1. The van der Waals surface area contributed by atoms with E-state index in [9.17, 15) is 4.79 Å². The second-order valence-electron chi connectivity index (χ2n) is 4.95. The van der Waals surface area contributed by atoms with E-state index in [4.69, 9.17) is 10.5 Å². The highest BCUT2D eigenvalue weighted by atomic mass is 35.5. The summed E-state index contributed by atoms with van der Waals surface area (Å²) in [5, 5.41) is 0. The van der Waals surface area contributed by atoms with Crippen LogP contribution >= 0.6 is 12.4 Å². The molecule has 0 aromatic carbocycles. The Kier molecular flexibility index (Phi) is 9.42. The molecule has 0 aromatic rings. The van der Waals surface area contributed by atoms with Crippen molar-refractivity contribution in [2.24, 2.45) is 5.73 Å². The average molecular weight is 279 g/mol. The van der Waals surface area contributed by atoms with Crippen LogP contribution in [0, 0.1) is 0 Å². The van der Waals surface area contributed by atoms with E-state index >= 15 is 0 Å². The number of halogens is 1. The Balaban J connectivity index is 0.00000289. The minimum Gasteiger partial charge on any atom is -0.380 e. The summed E-state index contributed by atoms with van der Waals surface area (Å²) < 4.78 is 5.16. The SMILES string of the molecule is COC(CN)CC(=O)N(C)C1CCCCCC1.Cl. The van der Waals surface area contributed by atoms with Gasteiger partial charge in [0.05, 0.1) is 12.5 Å². The van der Waals surface area contributed by atoms with Crippen LogP contribution in [-0.4, -0.2) is 43.7 Å². The van der Waals surface area contributed by atoms with E-state index in [0.717, 1.165) is 12.8 Å². The number of hydrogen-bond donors (Lipinski definition) is 1. The van der Waals surface area contributed by atoms with Crippen molar-refractivity contribution >= 4 is 18.3 Å². The molecule has 0 saturated heterocycles. The minimum absolute atomic E-state index is 0. The molecule has 4 nitrogen and oxygen atoms in total. The van der Waals surface area contributed by atoms with E-state index in [1.807, 2.05) is 11.9 Å². The fourth-order valence-corrected chi connectivity index (χ4v) is 2.45. The number of nitrogens with zero attached hydrogens (tertiary/aromatic N) is 1. The molecule has 1 aliphatic rings. The Bertz CT molecular complexity index is 227. The zero-order valence-electron chi connectivity index (χ0n) is 11.6. The van der Waals surface area contributed by atoms with Gasteiger partial charge in [-0.1, -0.05) is 25.7 Å². The smallest absolute Gasteiger partial charge is 0.225 e. The highest BCUT2D eigenvalue weighted by Gasteiger charge is 2.22. The minimum atomic E-state index is -0.143. The Hall–Kier alpha value is -0.320. The maximum absolute atomic E-state index is 12.1. The van der Waals surface area contributed by atoms with Crippen LogP contribution < -0.4 is 5.73 Å². The van der Waals surface area contributed by atoms with Crippen molar-refractivity contribution in [1.29, 1.82) is 0 Å². The van der Waals surface area contributed by atoms with E-state index in [2.05, 4.69) is 0 Å². The summed E-state index contributed by atoms with van der Waals surface area (Å²) >= 11 is 0. The average Bonchev–Trinajstić information content (AvgIpc) is 2.63. The molecular formula is C13H27ClN2O2. The van der Waals surface area contributed by atoms with Gasteiger partial charge in [-0.05, 0) is 12.8 Å². The molecule has 1 amide bonds. The second-order valence-corrected chi connectivity index (χ2v) is 4.95. The van der Waals surface area contributed by atoms with E-state index in [0.29, 0.717) is 19.0 Å². The molecule has 2 N–H and O–H groups in total. The first-order chi connectivity index (χ1) is 8.19. The van der Waals surface area contributed by atoms with Gasteiger partial charge in [-0.25, -0.2) is 0 Å². The van der Waals surface area contributed by atoms with Crippen molar-refractivity contribution in [3.8, 4) is 0 Å². The molecule has 0 heterocycles. The largest absolute Gasteiger partial charge is 0.380 e. The van der Waals surface area contributed by atoms with Crippen LogP contribution in [0.4, 0.5) is 0 Å². The van der Waals surface area contributed by atoms with Gasteiger partial charge < -0.3 is 15.4 Å². The molecule has 0 bridgehead atoms. The van der Waals surface area contributed by atoms with Crippen LogP contribution in [0.15, 0.2) is 0 Å². The molecule has 108 valence electrons.